The quantitative estimate of drug-likeness (QED) is 0.843. The van der Waals surface area contributed by atoms with E-state index in [-0.39, 0.29) is 5.78 Å². The SMILES string of the molecule is CC(=O)C(C)(C)C(Oc1ccc(Cl)cc1)n1ccnc1. The van der Waals surface area contributed by atoms with Crippen molar-refractivity contribution in [2.75, 3.05) is 0 Å². The number of carbonyl (C=O) groups excluding carboxylic acids is 1. The summed E-state index contributed by atoms with van der Waals surface area (Å²) in [5.74, 6) is 0.701. The number of halogens is 1. The van der Waals surface area contributed by atoms with Crippen LogP contribution in [0.4, 0.5) is 0 Å². The minimum atomic E-state index is -0.680. The summed E-state index contributed by atoms with van der Waals surface area (Å²) in [6.45, 7) is 5.28. The van der Waals surface area contributed by atoms with E-state index in [1.807, 2.05) is 13.8 Å². The zero-order valence-corrected chi connectivity index (χ0v) is 12.5. The molecular weight excluding hydrogens is 276 g/mol. The number of hydrogen-bond donors (Lipinski definition) is 0. The van der Waals surface area contributed by atoms with E-state index < -0.39 is 11.6 Å². The van der Waals surface area contributed by atoms with E-state index in [1.165, 1.54) is 0 Å². The summed E-state index contributed by atoms with van der Waals surface area (Å²) in [5, 5.41) is 0.641. The average Bonchev–Trinajstić information content (AvgIpc) is 2.91. The summed E-state index contributed by atoms with van der Waals surface area (Å²) in [4.78, 5) is 15.9. The lowest BCUT2D eigenvalue weighted by Crippen LogP contribution is -2.36. The van der Waals surface area contributed by atoms with Crippen LogP contribution in [-0.2, 0) is 4.79 Å². The Morgan fingerprint density at radius 3 is 2.50 bits per heavy atom. The number of imidazole rings is 1. The summed E-state index contributed by atoms with van der Waals surface area (Å²) < 4.78 is 7.77. The normalized spacial score (nSPS) is 13.0. The lowest BCUT2D eigenvalue weighted by Gasteiger charge is -2.33. The molecule has 106 valence electrons. The Bertz CT molecular complexity index is 576. The second-order valence-electron chi connectivity index (χ2n) is 5.21. The van der Waals surface area contributed by atoms with Crippen molar-refractivity contribution < 1.29 is 9.53 Å². The minimum absolute atomic E-state index is 0.0464. The Kier molecular flexibility index (Phi) is 4.14. The number of rotatable bonds is 5. The van der Waals surface area contributed by atoms with Crippen LogP contribution in [0.3, 0.4) is 0 Å². The molecule has 4 nitrogen and oxygen atoms in total. The Morgan fingerprint density at radius 1 is 1.35 bits per heavy atom. The van der Waals surface area contributed by atoms with Gasteiger partial charge in [-0.3, -0.25) is 4.79 Å². The van der Waals surface area contributed by atoms with E-state index in [9.17, 15) is 4.79 Å². The monoisotopic (exact) mass is 292 g/mol. The molecule has 0 bridgehead atoms. The van der Waals surface area contributed by atoms with Gasteiger partial charge in [-0.2, -0.15) is 0 Å². The number of ether oxygens (including phenoxy) is 1. The fraction of sp³-hybridized carbons (Fsp3) is 0.333. The van der Waals surface area contributed by atoms with Crippen LogP contribution in [0.25, 0.3) is 0 Å². The van der Waals surface area contributed by atoms with Gasteiger partial charge in [0.05, 0.1) is 11.7 Å². The summed E-state index contributed by atoms with van der Waals surface area (Å²) in [6.07, 6.45) is 4.62. The molecule has 1 aromatic carbocycles. The second-order valence-corrected chi connectivity index (χ2v) is 5.65. The molecule has 20 heavy (non-hydrogen) atoms. The predicted molar refractivity (Wildman–Crippen MR) is 77.8 cm³/mol. The molecule has 0 amide bonds. The van der Waals surface area contributed by atoms with Crippen molar-refractivity contribution in [1.29, 1.82) is 0 Å². The van der Waals surface area contributed by atoms with Crippen LogP contribution in [-0.4, -0.2) is 15.3 Å². The van der Waals surface area contributed by atoms with Crippen LogP contribution >= 0.6 is 11.6 Å². The molecule has 5 heteroatoms. The third-order valence-electron chi connectivity index (χ3n) is 3.38. The summed E-state index contributed by atoms with van der Waals surface area (Å²) in [7, 11) is 0. The van der Waals surface area contributed by atoms with Crippen LogP contribution in [0.1, 0.15) is 27.0 Å². The van der Waals surface area contributed by atoms with E-state index >= 15 is 0 Å². The van der Waals surface area contributed by atoms with Crippen molar-refractivity contribution in [3.63, 3.8) is 0 Å². The smallest absolute Gasteiger partial charge is 0.188 e. The van der Waals surface area contributed by atoms with Gasteiger partial charge in [-0.05, 0) is 45.0 Å². The number of benzene rings is 1. The molecule has 1 unspecified atom stereocenters. The first kappa shape index (κ1) is 14.6. The van der Waals surface area contributed by atoms with Gasteiger partial charge in [-0.15, -0.1) is 0 Å². The fourth-order valence-corrected chi connectivity index (χ4v) is 1.93. The highest BCUT2D eigenvalue weighted by molar-refractivity contribution is 6.30. The molecule has 1 atom stereocenters. The van der Waals surface area contributed by atoms with E-state index in [2.05, 4.69) is 4.98 Å². The van der Waals surface area contributed by atoms with Gasteiger partial charge in [0.15, 0.2) is 6.23 Å². The van der Waals surface area contributed by atoms with Crippen molar-refractivity contribution in [1.82, 2.24) is 9.55 Å². The number of carbonyl (C=O) groups is 1. The molecule has 0 saturated heterocycles. The van der Waals surface area contributed by atoms with Crippen molar-refractivity contribution in [2.45, 2.75) is 27.0 Å². The molecule has 0 radical (unpaired) electrons. The van der Waals surface area contributed by atoms with Gasteiger partial charge in [-0.25, -0.2) is 4.98 Å². The highest BCUT2D eigenvalue weighted by Crippen LogP contribution is 2.34. The highest BCUT2D eigenvalue weighted by atomic mass is 35.5. The standard InChI is InChI=1S/C15H17ClN2O2/c1-11(19)15(2,3)14(18-9-8-17-10-18)20-13-6-4-12(16)5-7-13/h4-10,14H,1-3H3. The van der Waals surface area contributed by atoms with Crippen LogP contribution in [0.5, 0.6) is 5.75 Å². The minimum Gasteiger partial charge on any atom is -0.469 e. The molecule has 0 fully saturated rings. The van der Waals surface area contributed by atoms with Crippen LogP contribution < -0.4 is 4.74 Å². The number of nitrogens with zero attached hydrogens (tertiary/aromatic N) is 2. The average molecular weight is 293 g/mol. The summed E-state index contributed by atoms with van der Waals surface area (Å²) in [5.41, 5.74) is -0.680. The Balaban J connectivity index is 2.33. The molecule has 0 aliphatic carbocycles. The first-order valence-corrected chi connectivity index (χ1v) is 6.70. The topological polar surface area (TPSA) is 44.1 Å². The van der Waals surface area contributed by atoms with E-state index in [1.54, 1.807) is 54.5 Å². The Morgan fingerprint density at radius 2 is 2.00 bits per heavy atom. The van der Waals surface area contributed by atoms with Crippen LogP contribution in [0.15, 0.2) is 43.0 Å². The van der Waals surface area contributed by atoms with Crippen molar-refractivity contribution >= 4 is 17.4 Å². The highest BCUT2D eigenvalue weighted by Gasteiger charge is 2.37. The maximum Gasteiger partial charge on any atom is 0.188 e. The number of Topliss-reactive ketones (excluding diaryl/α,β-unsaturated/α-hetero) is 1. The third kappa shape index (κ3) is 3.02. The van der Waals surface area contributed by atoms with Crippen molar-refractivity contribution in [2.24, 2.45) is 5.41 Å². The van der Waals surface area contributed by atoms with Crippen LogP contribution in [0.2, 0.25) is 5.02 Å². The Hall–Kier alpha value is -1.81. The van der Waals surface area contributed by atoms with E-state index in [0.29, 0.717) is 10.8 Å². The van der Waals surface area contributed by atoms with Gasteiger partial charge in [0, 0.05) is 17.4 Å². The maximum absolute atomic E-state index is 11.9. The molecule has 0 saturated carbocycles. The van der Waals surface area contributed by atoms with Crippen LogP contribution in [0, 0.1) is 5.41 Å². The second kappa shape index (κ2) is 5.67. The third-order valence-corrected chi connectivity index (χ3v) is 3.63. The zero-order valence-electron chi connectivity index (χ0n) is 11.7. The van der Waals surface area contributed by atoms with Gasteiger partial charge >= 0.3 is 0 Å². The van der Waals surface area contributed by atoms with Gasteiger partial charge in [-0.1, -0.05) is 11.6 Å². The molecule has 0 aliphatic heterocycles. The molecule has 0 aliphatic rings. The number of hydrogen-bond acceptors (Lipinski definition) is 3. The maximum atomic E-state index is 11.9. The number of ketones is 1. The van der Waals surface area contributed by atoms with E-state index in [0.717, 1.165) is 0 Å². The Labute approximate surface area is 123 Å². The molecule has 1 aromatic heterocycles. The predicted octanol–water partition coefficient (Wildman–Crippen LogP) is 3.73. The fourth-order valence-electron chi connectivity index (χ4n) is 1.80. The number of aromatic nitrogens is 2. The van der Waals surface area contributed by atoms with Crippen molar-refractivity contribution in [3.8, 4) is 5.75 Å². The lowest BCUT2D eigenvalue weighted by atomic mass is 9.86. The molecule has 2 rings (SSSR count). The molecule has 0 N–H and O–H groups in total. The molecule has 1 heterocycles. The molecular formula is C15H17ClN2O2. The lowest BCUT2D eigenvalue weighted by molar-refractivity contribution is -0.133. The van der Waals surface area contributed by atoms with Gasteiger partial charge in [0.25, 0.3) is 0 Å². The van der Waals surface area contributed by atoms with Gasteiger partial charge < -0.3 is 9.30 Å². The molecule has 2 aromatic rings. The first-order valence-electron chi connectivity index (χ1n) is 6.32. The zero-order chi connectivity index (χ0) is 14.8. The largest absolute Gasteiger partial charge is 0.469 e. The molecule has 0 spiro atoms. The van der Waals surface area contributed by atoms with Gasteiger partial charge in [0.1, 0.15) is 11.5 Å². The van der Waals surface area contributed by atoms with Gasteiger partial charge in [0.2, 0.25) is 0 Å². The summed E-state index contributed by atoms with van der Waals surface area (Å²) >= 11 is 5.86. The summed E-state index contributed by atoms with van der Waals surface area (Å²) in [6, 6.07) is 7.07. The first-order chi connectivity index (χ1) is 9.41. The van der Waals surface area contributed by atoms with E-state index in [4.69, 9.17) is 16.3 Å². The van der Waals surface area contributed by atoms with Crippen molar-refractivity contribution in [3.05, 3.63) is 48.0 Å².